The highest BCUT2D eigenvalue weighted by atomic mass is 127. The van der Waals surface area contributed by atoms with E-state index in [1.165, 1.54) is 5.01 Å². The summed E-state index contributed by atoms with van der Waals surface area (Å²) in [5, 5.41) is 1.28. The maximum atomic E-state index is 12.5. The standard InChI is InChI=1S/C16H10I2N2O2/c17-11-4-6-13(7-5-11)20-16(22)14(15(21)19-20)9-10-2-1-3-12(18)8-10/h1-9H,(H,19,21)/b14-9-. The zero-order valence-electron chi connectivity index (χ0n) is 11.2. The van der Waals surface area contributed by atoms with Crippen molar-refractivity contribution in [3.63, 3.8) is 0 Å². The van der Waals surface area contributed by atoms with Gasteiger partial charge in [-0.25, -0.2) is 5.01 Å². The lowest BCUT2D eigenvalue weighted by Gasteiger charge is -2.14. The van der Waals surface area contributed by atoms with Crippen molar-refractivity contribution in [2.24, 2.45) is 0 Å². The monoisotopic (exact) mass is 516 g/mol. The molecule has 22 heavy (non-hydrogen) atoms. The summed E-state index contributed by atoms with van der Waals surface area (Å²) < 4.78 is 2.11. The summed E-state index contributed by atoms with van der Waals surface area (Å²) in [5.41, 5.74) is 4.21. The van der Waals surface area contributed by atoms with Crippen molar-refractivity contribution in [1.82, 2.24) is 5.43 Å². The SMILES string of the molecule is O=C1NN(c2ccc(I)cc2)C(=O)/C1=C\c1cccc(I)c1. The molecule has 0 radical (unpaired) electrons. The molecule has 1 heterocycles. The highest BCUT2D eigenvalue weighted by Crippen LogP contribution is 2.22. The van der Waals surface area contributed by atoms with E-state index in [0.717, 1.165) is 12.7 Å². The lowest BCUT2D eigenvalue weighted by molar-refractivity contribution is -0.117. The van der Waals surface area contributed by atoms with E-state index >= 15 is 0 Å². The van der Waals surface area contributed by atoms with Crippen LogP contribution in [0.5, 0.6) is 0 Å². The third-order valence-electron chi connectivity index (χ3n) is 3.14. The van der Waals surface area contributed by atoms with Crippen molar-refractivity contribution in [1.29, 1.82) is 0 Å². The maximum Gasteiger partial charge on any atom is 0.282 e. The van der Waals surface area contributed by atoms with Crippen molar-refractivity contribution < 1.29 is 9.59 Å². The second kappa shape index (κ2) is 6.37. The molecule has 2 aromatic rings. The van der Waals surface area contributed by atoms with E-state index in [0.29, 0.717) is 5.69 Å². The van der Waals surface area contributed by atoms with Gasteiger partial charge in [0.05, 0.1) is 5.69 Å². The zero-order valence-corrected chi connectivity index (χ0v) is 15.5. The largest absolute Gasteiger partial charge is 0.282 e. The van der Waals surface area contributed by atoms with Crippen LogP contribution < -0.4 is 10.4 Å². The minimum absolute atomic E-state index is 0.139. The fourth-order valence-electron chi connectivity index (χ4n) is 2.09. The molecule has 1 aliphatic heterocycles. The molecule has 1 aliphatic rings. The van der Waals surface area contributed by atoms with Crippen LogP contribution in [-0.2, 0) is 9.59 Å². The number of rotatable bonds is 2. The lowest BCUT2D eigenvalue weighted by atomic mass is 10.1. The number of hydrogen-bond donors (Lipinski definition) is 1. The highest BCUT2D eigenvalue weighted by molar-refractivity contribution is 14.1. The molecule has 3 rings (SSSR count). The van der Waals surface area contributed by atoms with E-state index in [1.54, 1.807) is 18.2 Å². The first-order valence-corrected chi connectivity index (χ1v) is 8.58. The second-order valence-corrected chi connectivity index (χ2v) is 7.16. The second-order valence-electron chi connectivity index (χ2n) is 4.67. The van der Waals surface area contributed by atoms with Gasteiger partial charge in [-0.15, -0.1) is 0 Å². The van der Waals surface area contributed by atoms with Crippen LogP contribution in [0, 0.1) is 7.14 Å². The highest BCUT2D eigenvalue weighted by Gasteiger charge is 2.34. The molecule has 0 atom stereocenters. The molecule has 1 fully saturated rings. The van der Waals surface area contributed by atoms with Gasteiger partial charge in [0.1, 0.15) is 5.57 Å². The lowest BCUT2D eigenvalue weighted by Crippen LogP contribution is -2.35. The van der Waals surface area contributed by atoms with Crippen LogP contribution in [0.2, 0.25) is 0 Å². The van der Waals surface area contributed by atoms with Crippen LogP contribution in [0.3, 0.4) is 0 Å². The Hall–Kier alpha value is -1.42. The molecule has 0 aromatic heterocycles. The van der Waals surface area contributed by atoms with Gasteiger partial charge in [0.25, 0.3) is 11.8 Å². The van der Waals surface area contributed by atoms with Crippen LogP contribution in [-0.4, -0.2) is 11.8 Å². The summed E-state index contributed by atoms with van der Waals surface area (Å²) in [7, 11) is 0. The summed E-state index contributed by atoms with van der Waals surface area (Å²) in [6, 6.07) is 15.0. The Morgan fingerprint density at radius 3 is 2.36 bits per heavy atom. The molecule has 0 unspecified atom stereocenters. The number of nitrogens with one attached hydrogen (secondary N) is 1. The van der Waals surface area contributed by atoms with E-state index in [-0.39, 0.29) is 17.4 Å². The Labute approximate surface area is 154 Å². The molecule has 2 aromatic carbocycles. The summed E-state index contributed by atoms with van der Waals surface area (Å²) in [4.78, 5) is 24.5. The smallest absolute Gasteiger partial charge is 0.267 e. The Kier molecular flexibility index (Phi) is 4.48. The van der Waals surface area contributed by atoms with Crippen molar-refractivity contribution in [2.45, 2.75) is 0 Å². The number of carbonyl (C=O) groups is 2. The first-order chi connectivity index (χ1) is 10.5. The summed E-state index contributed by atoms with van der Waals surface area (Å²) in [6.07, 6.45) is 1.62. The molecular weight excluding hydrogens is 506 g/mol. The molecule has 110 valence electrons. The average Bonchev–Trinajstić information content (AvgIpc) is 2.76. The molecule has 0 saturated carbocycles. The van der Waals surface area contributed by atoms with Gasteiger partial charge in [0, 0.05) is 7.14 Å². The van der Waals surface area contributed by atoms with Gasteiger partial charge in [0.2, 0.25) is 0 Å². The third kappa shape index (κ3) is 3.17. The van der Waals surface area contributed by atoms with Crippen molar-refractivity contribution >= 4 is 68.8 Å². The number of anilines is 1. The molecular formula is C16H10I2N2O2. The predicted molar refractivity (Wildman–Crippen MR) is 102 cm³/mol. The van der Waals surface area contributed by atoms with Gasteiger partial charge < -0.3 is 0 Å². The number of carbonyl (C=O) groups excluding carboxylic acids is 2. The van der Waals surface area contributed by atoms with Crippen LogP contribution in [0.15, 0.2) is 54.1 Å². The summed E-state index contributed by atoms with van der Waals surface area (Å²) in [5.74, 6) is -0.729. The van der Waals surface area contributed by atoms with Crippen LogP contribution in [0.4, 0.5) is 5.69 Å². The number of benzene rings is 2. The quantitative estimate of drug-likeness (QED) is 0.379. The van der Waals surface area contributed by atoms with Crippen molar-refractivity contribution in [3.8, 4) is 0 Å². The molecule has 0 bridgehead atoms. The molecule has 0 spiro atoms. The number of nitrogens with zero attached hydrogens (tertiary/aromatic N) is 1. The third-order valence-corrected chi connectivity index (χ3v) is 4.53. The van der Waals surface area contributed by atoms with E-state index in [4.69, 9.17) is 0 Å². The normalized spacial score (nSPS) is 16.3. The minimum Gasteiger partial charge on any atom is -0.267 e. The van der Waals surface area contributed by atoms with Gasteiger partial charge in [-0.3, -0.25) is 15.0 Å². The predicted octanol–water partition coefficient (Wildman–Crippen LogP) is 3.36. The number of hydrogen-bond acceptors (Lipinski definition) is 2. The summed E-state index contributed by atoms with van der Waals surface area (Å²) >= 11 is 4.38. The fraction of sp³-hybridized carbons (Fsp3) is 0. The number of halogens is 2. The molecule has 1 saturated heterocycles. The average molecular weight is 516 g/mol. The fourth-order valence-corrected chi connectivity index (χ4v) is 3.02. The van der Waals surface area contributed by atoms with Crippen molar-refractivity contribution in [3.05, 3.63) is 66.8 Å². The molecule has 0 aliphatic carbocycles. The van der Waals surface area contributed by atoms with Gasteiger partial charge in [-0.05, 0) is 93.2 Å². The molecule has 6 heteroatoms. The van der Waals surface area contributed by atoms with Gasteiger partial charge >= 0.3 is 0 Å². The Bertz CT molecular complexity index is 785. The molecule has 4 nitrogen and oxygen atoms in total. The Morgan fingerprint density at radius 2 is 1.68 bits per heavy atom. The number of amides is 2. The van der Waals surface area contributed by atoms with E-state index in [9.17, 15) is 9.59 Å². The van der Waals surface area contributed by atoms with Crippen molar-refractivity contribution in [2.75, 3.05) is 5.01 Å². The zero-order chi connectivity index (χ0) is 15.7. The van der Waals surface area contributed by atoms with Gasteiger partial charge in [0.15, 0.2) is 0 Å². The van der Waals surface area contributed by atoms with E-state index in [1.807, 2.05) is 36.4 Å². The van der Waals surface area contributed by atoms with Gasteiger partial charge in [-0.1, -0.05) is 12.1 Å². The topological polar surface area (TPSA) is 49.4 Å². The summed E-state index contributed by atoms with van der Waals surface area (Å²) in [6.45, 7) is 0. The Morgan fingerprint density at radius 1 is 0.955 bits per heavy atom. The van der Waals surface area contributed by atoms with E-state index in [2.05, 4.69) is 50.6 Å². The first-order valence-electron chi connectivity index (χ1n) is 6.43. The van der Waals surface area contributed by atoms with Crippen LogP contribution in [0.25, 0.3) is 6.08 Å². The van der Waals surface area contributed by atoms with Crippen LogP contribution in [0.1, 0.15) is 5.56 Å². The first kappa shape index (κ1) is 15.5. The van der Waals surface area contributed by atoms with E-state index < -0.39 is 0 Å². The molecule has 2 amide bonds. The van der Waals surface area contributed by atoms with Gasteiger partial charge in [-0.2, -0.15) is 0 Å². The minimum atomic E-state index is -0.387. The Balaban J connectivity index is 1.93. The molecule has 1 N–H and O–H groups in total. The number of hydrazine groups is 1. The maximum absolute atomic E-state index is 12.5. The van der Waals surface area contributed by atoms with Crippen LogP contribution >= 0.6 is 45.2 Å².